The fourth-order valence-corrected chi connectivity index (χ4v) is 2.31. The molecule has 0 saturated carbocycles. The fourth-order valence-electron chi connectivity index (χ4n) is 2.31. The summed E-state index contributed by atoms with van der Waals surface area (Å²) in [5.74, 6) is 0.224. The van der Waals surface area contributed by atoms with Gasteiger partial charge in [0.2, 0.25) is 0 Å². The van der Waals surface area contributed by atoms with Crippen LogP contribution < -0.4 is 15.7 Å². The zero-order valence-corrected chi connectivity index (χ0v) is 12.5. The van der Waals surface area contributed by atoms with Crippen LogP contribution in [-0.2, 0) is 0 Å². The van der Waals surface area contributed by atoms with Gasteiger partial charge in [-0.3, -0.25) is 4.79 Å². The van der Waals surface area contributed by atoms with Gasteiger partial charge in [0, 0.05) is 23.2 Å². The van der Waals surface area contributed by atoms with Gasteiger partial charge < -0.3 is 14.5 Å². The number of hydrogen-bond donors (Lipinski definition) is 1. The number of anilines is 1. The second-order valence-corrected chi connectivity index (χ2v) is 4.89. The predicted molar refractivity (Wildman–Crippen MR) is 88.0 cm³/mol. The maximum Gasteiger partial charge on any atom is 0.337 e. The minimum atomic E-state index is -0.579. The van der Waals surface area contributed by atoms with Crippen molar-refractivity contribution < 1.29 is 13.9 Å². The first-order valence-corrected chi connectivity index (χ1v) is 7.24. The van der Waals surface area contributed by atoms with Crippen LogP contribution in [0.15, 0.2) is 63.8 Å². The van der Waals surface area contributed by atoms with E-state index in [1.54, 1.807) is 30.3 Å². The molecular weight excluding hydrogens is 294 g/mol. The first kappa shape index (κ1) is 14.8. The molecule has 0 spiro atoms. The van der Waals surface area contributed by atoms with Crippen molar-refractivity contribution in [1.82, 2.24) is 0 Å². The zero-order valence-electron chi connectivity index (χ0n) is 12.5. The van der Waals surface area contributed by atoms with Gasteiger partial charge >= 0.3 is 5.63 Å². The second kappa shape index (κ2) is 6.36. The molecule has 0 aliphatic heterocycles. The number of fused-ring (bicyclic) bond motifs is 1. The number of hydrogen-bond acceptors (Lipinski definition) is 4. The lowest BCUT2D eigenvalue weighted by Crippen LogP contribution is -2.15. The molecule has 0 unspecified atom stereocenters. The quantitative estimate of drug-likeness (QED) is 0.750. The van der Waals surface area contributed by atoms with Crippen molar-refractivity contribution in [3.8, 4) is 5.75 Å². The molecule has 0 aliphatic carbocycles. The Kier molecular flexibility index (Phi) is 4.10. The highest BCUT2D eigenvalue weighted by Crippen LogP contribution is 2.23. The van der Waals surface area contributed by atoms with Crippen molar-refractivity contribution in [1.29, 1.82) is 0 Å². The fraction of sp³-hybridized carbons (Fsp3) is 0.111. The Morgan fingerprint density at radius 2 is 1.91 bits per heavy atom. The largest absolute Gasteiger partial charge is 0.494 e. The Hall–Kier alpha value is -3.08. The van der Waals surface area contributed by atoms with Gasteiger partial charge in [0.1, 0.15) is 11.3 Å². The van der Waals surface area contributed by atoms with Crippen LogP contribution in [0.2, 0.25) is 0 Å². The maximum absolute atomic E-state index is 12.5. The summed E-state index contributed by atoms with van der Waals surface area (Å²) in [6.07, 6.45) is 0. The van der Waals surface area contributed by atoms with Crippen LogP contribution in [0, 0.1) is 0 Å². The van der Waals surface area contributed by atoms with E-state index < -0.39 is 5.63 Å². The summed E-state index contributed by atoms with van der Waals surface area (Å²) >= 11 is 0. The van der Waals surface area contributed by atoms with Crippen LogP contribution in [0.5, 0.6) is 5.75 Å². The van der Waals surface area contributed by atoms with Crippen molar-refractivity contribution >= 4 is 22.6 Å². The lowest BCUT2D eigenvalue weighted by Gasteiger charge is -2.08. The van der Waals surface area contributed by atoms with E-state index in [4.69, 9.17) is 9.15 Å². The van der Waals surface area contributed by atoms with Gasteiger partial charge in [0.05, 0.1) is 12.2 Å². The Morgan fingerprint density at radius 3 is 2.65 bits per heavy atom. The molecule has 1 aromatic heterocycles. The van der Waals surface area contributed by atoms with E-state index in [2.05, 4.69) is 5.32 Å². The van der Waals surface area contributed by atoms with E-state index in [1.165, 1.54) is 6.07 Å². The molecular formula is C18H15NO4. The molecule has 0 aliphatic rings. The SMILES string of the molecule is CCOc1ccc2c(C(=O)Nc3ccccc3)cc(=O)oc2c1. The number of nitrogens with one attached hydrogen (secondary N) is 1. The lowest BCUT2D eigenvalue weighted by molar-refractivity contribution is 0.102. The molecule has 23 heavy (non-hydrogen) atoms. The third-order valence-corrected chi connectivity index (χ3v) is 3.30. The molecule has 3 aromatic rings. The predicted octanol–water partition coefficient (Wildman–Crippen LogP) is 3.44. The first-order valence-electron chi connectivity index (χ1n) is 7.24. The van der Waals surface area contributed by atoms with Gasteiger partial charge in [0.25, 0.3) is 5.91 Å². The molecule has 0 radical (unpaired) electrons. The number of rotatable bonds is 4. The normalized spacial score (nSPS) is 10.5. The van der Waals surface area contributed by atoms with Gasteiger partial charge in [0.15, 0.2) is 0 Å². The van der Waals surface area contributed by atoms with E-state index in [0.29, 0.717) is 29.0 Å². The monoisotopic (exact) mass is 309 g/mol. The molecule has 0 bridgehead atoms. The van der Waals surface area contributed by atoms with E-state index in [1.807, 2.05) is 25.1 Å². The van der Waals surface area contributed by atoms with Crippen molar-refractivity contribution in [2.45, 2.75) is 6.92 Å². The molecule has 3 rings (SSSR count). The Bertz CT molecular complexity index is 900. The highest BCUT2D eigenvalue weighted by atomic mass is 16.5. The Labute approximate surface area is 132 Å². The Morgan fingerprint density at radius 1 is 1.13 bits per heavy atom. The summed E-state index contributed by atoms with van der Waals surface area (Å²) in [4.78, 5) is 24.2. The smallest absolute Gasteiger partial charge is 0.337 e. The molecule has 0 atom stereocenters. The standard InChI is InChI=1S/C18H15NO4/c1-2-22-13-8-9-14-15(11-17(20)23-16(14)10-13)18(21)19-12-6-4-3-5-7-12/h3-11H,2H2,1H3,(H,19,21). The number of ether oxygens (including phenoxy) is 1. The minimum absolute atomic E-state index is 0.267. The molecule has 5 heteroatoms. The third-order valence-electron chi connectivity index (χ3n) is 3.30. The molecule has 0 saturated heterocycles. The van der Waals surface area contributed by atoms with Crippen molar-refractivity contribution in [3.05, 3.63) is 70.6 Å². The van der Waals surface area contributed by atoms with E-state index >= 15 is 0 Å². The molecule has 5 nitrogen and oxygen atoms in total. The first-order chi connectivity index (χ1) is 11.2. The van der Waals surface area contributed by atoms with Gasteiger partial charge in [-0.05, 0) is 31.2 Å². The van der Waals surface area contributed by atoms with Crippen molar-refractivity contribution in [2.24, 2.45) is 0 Å². The van der Waals surface area contributed by atoms with E-state index in [-0.39, 0.29) is 11.5 Å². The number of carbonyl (C=O) groups is 1. The van der Waals surface area contributed by atoms with Gasteiger partial charge in [-0.15, -0.1) is 0 Å². The summed E-state index contributed by atoms with van der Waals surface area (Å²) in [6.45, 7) is 2.37. The average molecular weight is 309 g/mol. The minimum Gasteiger partial charge on any atom is -0.494 e. The molecule has 0 fully saturated rings. The summed E-state index contributed by atoms with van der Waals surface area (Å²) in [5, 5.41) is 3.32. The summed E-state index contributed by atoms with van der Waals surface area (Å²) in [5.41, 5.74) is 0.666. The lowest BCUT2D eigenvalue weighted by atomic mass is 10.1. The molecule has 116 valence electrons. The highest BCUT2D eigenvalue weighted by Gasteiger charge is 2.14. The second-order valence-electron chi connectivity index (χ2n) is 4.89. The topological polar surface area (TPSA) is 68.5 Å². The van der Waals surface area contributed by atoms with Crippen molar-refractivity contribution in [3.63, 3.8) is 0 Å². The van der Waals surface area contributed by atoms with Gasteiger partial charge in [-0.25, -0.2) is 4.79 Å². The number of amides is 1. The van der Waals surface area contributed by atoms with Crippen LogP contribution in [0.4, 0.5) is 5.69 Å². The van der Waals surface area contributed by atoms with Crippen LogP contribution in [0.25, 0.3) is 11.0 Å². The molecule has 2 aromatic carbocycles. The average Bonchev–Trinajstić information content (AvgIpc) is 2.55. The highest BCUT2D eigenvalue weighted by molar-refractivity contribution is 6.12. The number of benzene rings is 2. The van der Waals surface area contributed by atoms with E-state index in [0.717, 1.165) is 0 Å². The summed E-state index contributed by atoms with van der Waals surface area (Å²) < 4.78 is 10.6. The van der Waals surface area contributed by atoms with E-state index in [9.17, 15) is 9.59 Å². The van der Waals surface area contributed by atoms with Gasteiger partial charge in [-0.1, -0.05) is 18.2 Å². The van der Waals surface area contributed by atoms with Crippen molar-refractivity contribution in [2.75, 3.05) is 11.9 Å². The Balaban J connectivity index is 2.02. The molecule has 1 amide bonds. The van der Waals surface area contributed by atoms with Crippen LogP contribution >= 0.6 is 0 Å². The van der Waals surface area contributed by atoms with Gasteiger partial charge in [-0.2, -0.15) is 0 Å². The molecule has 1 N–H and O–H groups in total. The zero-order chi connectivity index (χ0) is 16.2. The molecule has 1 heterocycles. The van der Waals surface area contributed by atoms with Crippen LogP contribution in [0.1, 0.15) is 17.3 Å². The van der Waals surface area contributed by atoms with Crippen LogP contribution in [0.3, 0.4) is 0 Å². The number of para-hydroxylation sites is 1. The number of carbonyl (C=O) groups excluding carboxylic acids is 1. The summed E-state index contributed by atoms with van der Waals surface area (Å²) in [6, 6.07) is 15.3. The summed E-state index contributed by atoms with van der Waals surface area (Å²) in [7, 11) is 0. The maximum atomic E-state index is 12.5. The third kappa shape index (κ3) is 3.23. The van der Waals surface area contributed by atoms with Crippen LogP contribution in [-0.4, -0.2) is 12.5 Å².